The van der Waals surface area contributed by atoms with Crippen molar-refractivity contribution in [2.75, 3.05) is 47.1 Å². The molecule has 1 aliphatic rings. The standard InChI is InChI=1S/C15H26N4O5/c1-21-10-6-16-15(20)19-7-3-12(4-8-19)23-9-5-13-17-14(11-22-2)24-18-13/h12H,3-11H2,1-2H3,(H,16,20). The summed E-state index contributed by atoms with van der Waals surface area (Å²) in [4.78, 5) is 17.9. The van der Waals surface area contributed by atoms with Gasteiger partial charge in [-0.25, -0.2) is 4.79 Å². The van der Waals surface area contributed by atoms with Crippen LogP contribution in [0.1, 0.15) is 24.6 Å². The first kappa shape index (κ1) is 18.6. The van der Waals surface area contributed by atoms with E-state index in [-0.39, 0.29) is 12.1 Å². The van der Waals surface area contributed by atoms with Gasteiger partial charge in [0.2, 0.25) is 0 Å². The van der Waals surface area contributed by atoms with Crippen LogP contribution in [0.2, 0.25) is 0 Å². The molecule has 0 bridgehead atoms. The van der Waals surface area contributed by atoms with Crippen LogP contribution < -0.4 is 5.32 Å². The summed E-state index contributed by atoms with van der Waals surface area (Å²) in [7, 11) is 3.19. The maximum absolute atomic E-state index is 11.9. The number of hydrogen-bond donors (Lipinski definition) is 1. The number of amides is 2. The van der Waals surface area contributed by atoms with Gasteiger partial charge in [0, 0.05) is 40.3 Å². The third-order valence-electron chi connectivity index (χ3n) is 3.77. The van der Waals surface area contributed by atoms with Crippen LogP contribution in [-0.2, 0) is 27.2 Å². The normalized spacial score (nSPS) is 15.7. The Kier molecular flexibility index (Phi) is 7.93. The number of carbonyl (C=O) groups excluding carboxylic acids is 1. The topological polar surface area (TPSA) is 99.0 Å². The van der Waals surface area contributed by atoms with Crippen LogP contribution in [0.25, 0.3) is 0 Å². The van der Waals surface area contributed by atoms with Gasteiger partial charge in [-0.05, 0) is 12.8 Å². The van der Waals surface area contributed by atoms with Gasteiger partial charge < -0.3 is 29.0 Å². The van der Waals surface area contributed by atoms with Gasteiger partial charge in [0.1, 0.15) is 6.61 Å². The van der Waals surface area contributed by atoms with Crippen molar-refractivity contribution in [3.8, 4) is 0 Å². The molecular formula is C15H26N4O5. The van der Waals surface area contributed by atoms with E-state index in [1.807, 2.05) is 4.90 Å². The van der Waals surface area contributed by atoms with E-state index in [1.54, 1.807) is 14.2 Å². The van der Waals surface area contributed by atoms with Gasteiger partial charge in [0.25, 0.3) is 5.89 Å². The minimum atomic E-state index is -0.0389. The highest BCUT2D eigenvalue weighted by Crippen LogP contribution is 2.14. The molecular weight excluding hydrogens is 316 g/mol. The van der Waals surface area contributed by atoms with Gasteiger partial charge in [-0.15, -0.1) is 0 Å². The third-order valence-corrected chi connectivity index (χ3v) is 3.77. The Morgan fingerprint density at radius 3 is 2.79 bits per heavy atom. The zero-order valence-electron chi connectivity index (χ0n) is 14.3. The van der Waals surface area contributed by atoms with Gasteiger partial charge >= 0.3 is 6.03 Å². The second kappa shape index (κ2) is 10.2. The van der Waals surface area contributed by atoms with Crippen LogP contribution >= 0.6 is 0 Å². The molecule has 1 saturated heterocycles. The van der Waals surface area contributed by atoms with E-state index in [0.29, 0.717) is 57.6 Å². The zero-order chi connectivity index (χ0) is 17.2. The summed E-state index contributed by atoms with van der Waals surface area (Å²) in [6, 6.07) is -0.0389. The first-order chi connectivity index (χ1) is 11.7. The van der Waals surface area contributed by atoms with Crippen LogP contribution in [0.15, 0.2) is 4.52 Å². The fraction of sp³-hybridized carbons (Fsp3) is 0.800. The lowest BCUT2D eigenvalue weighted by Gasteiger charge is -2.31. The van der Waals surface area contributed by atoms with E-state index in [4.69, 9.17) is 18.7 Å². The minimum Gasteiger partial charge on any atom is -0.383 e. The molecule has 2 rings (SSSR count). The van der Waals surface area contributed by atoms with Crippen molar-refractivity contribution in [3.05, 3.63) is 11.7 Å². The molecule has 0 atom stereocenters. The third kappa shape index (κ3) is 6.06. The number of nitrogens with zero attached hydrogens (tertiary/aromatic N) is 3. The summed E-state index contributed by atoms with van der Waals surface area (Å²) >= 11 is 0. The highest BCUT2D eigenvalue weighted by molar-refractivity contribution is 5.74. The molecule has 0 spiro atoms. The largest absolute Gasteiger partial charge is 0.383 e. The molecule has 0 radical (unpaired) electrons. The molecule has 9 heteroatoms. The molecule has 9 nitrogen and oxygen atoms in total. The molecule has 1 aromatic rings. The van der Waals surface area contributed by atoms with Crippen molar-refractivity contribution in [3.63, 3.8) is 0 Å². The first-order valence-electron chi connectivity index (χ1n) is 8.16. The molecule has 0 saturated carbocycles. The fourth-order valence-electron chi connectivity index (χ4n) is 2.49. The Bertz CT molecular complexity index is 488. The lowest BCUT2D eigenvalue weighted by atomic mass is 10.1. The Morgan fingerprint density at radius 1 is 1.29 bits per heavy atom. The van der Waals surface area contributed by atoms with Crippen LogP contribution in [-0.4, -0.2) is 74.2 Å². The van der Waals surface area contributed by atoms with Crippen LogP contribution in [0.5, 0.6) is 0 Å². The smallest absolute Gasteiger partial charge is 0.317 e. The fourth-order valence-corrected chi connectivity index (χ4v) is 2.49. The quantitative estimate of drug-likeness (QED) is 0.656. The number of nitrogens with one attached hydrogen (secondary N) is 1. The Labute approximate surface area is 141 Å². The molecule has 1 N–H and O–H groups in total. The molecule has 0 unspecified atom stereocenters. The number of rotatable bonds is 9. The minimum absolute atomic E-state index is 0.0389. The maximum atomic E-state index is 11.9. The molecule has 1 fully saturated rings. The summed E-state index contributed by atoms with van der Waals surface area (Å²) < 4.78 is 20.7. The van der Waals surface area contributed by atoms with Gasteiger partial charge in [0.15, 0.2) is 5.82 Å². The summed E-state index contributed by atoms with van der Waals surface area (Å²) in [5.41, 5.74) is 0. The summed E-state index contributed by atoms with van der Waals surface area (Å²) in [5, 5.41) is 6.70. The summed E-state index contributed by atoms with van der Waals surface area (Å²) in [5.74, 6) is 1.09. The van der Waals surface area contributed by atoms with Gasteiger partial charge in [-0.2, -0.15) is 4.98 Å². The Balaban J connectivity index is 1.59. The molecule has 2 amide bonds. The van der Waals surface area contributed by atoms with Crippen molar-refractivity contribution in [1.29, 1.82) is 0 Å². The van der Waals surface area contributed by atoms with Crippen LogP contribution in [0, 0.1) is 0 Å². The van der Waals surface area contributed by atoms with Crippen molar-refractivity contribution in [2.45, 2.75) is 32.0 Å². The predicted molar refractivity (Wildman–Crippen MR) is 84.5 cm³/mol. The van der Waals surface area contributed by atoms with Gasteiger partial charge in [-0.3, -0.25) is 0 Å². The number of aromatic nitrogens is 2. The van der Waals surface area contributed by atoms with Gasteiger partial charge in [0.05, 0.1) is 19.3 Å². The number of methoxy groups -OCH3 is 2. The van der Waals surface area contributed by atoms with Gasteiger partial charge in [-0.1, -0.05) is 5.16 Å². The van der Waals surface area contributed by atoms with Crippen molar-refractivity contribution in [1.82, 2.24) is 20.4 Å². The van der Waals surface area contributed by atoms with Crippen molar-refractivity contribution < 1.29 is 23.5 Å². The van der Waals surface area contributed by atoms with Crippen LogP contribution in [0.4, 0.5) is 4.79 Å². The number of urea groups is 1. The number of carbonyl (C=O) groups is 1. The van der Waals surface area contributed by atoms with Crippen molar-refractivity contribution >= 4 is 6.03 Å². The highest BCUT2D eigenvalue weighted by atomic mass is 16.5. The van der Waals surface area contributed by atoms with E-state index < -0.39 is 0 Å². The van der Waals surface area contributed by atoms with Crippen molar-refractivity contribution in [2.24, 2.45) is 0 Å². The van der Waals surface area contributed by atoms with E-state index in [0.717, 1.165) is 12.8 Å². The molecule has 2 heterocycles. The zero-order valence-corrected chi connectivity index (χ0v) is 14.3. The molecule has 0 aliphatic carbocycles. The second-order valence-electron chi connectivity index (χ2n) is 5.57. The SMILES string of the molecule is COCCNC(=O)N1CCC(OCCc2noc(COC)n2)CC1. The Morgan fingerprint density at radius 2 is 2.08 bits per heavy atom. The molecule has 24 heavy (non-hydrogen) atoms. The Hall–Kier alpha value is -1.71. The number of hydrogen-bond acceptors (Lipinski definition) is 7. The lowest BCUT2D eigenvalue weighted by Crippen LogP contribution is -2.46. The second-order valence-corrected chi connectivity index (χ2v) is 5.57. The number of likely N-dealkylation sites (tertiary alicyclic amines) is 1. The number of piperidine rings is 1. The molecule has 1 aromatic heterocycles. The van der Waals surface area contributed by atoms with E-state index >= 15 is 0 Å². The first-order valence-corrected chi connectivity index (χ1v) is 8.16. The molecule has 0 aromatic carbocycles. The lowest BCUT2D eigenvalue weighted by molar-refractivity contribution is 0.0157. The summed E-state index contributed by atoms with van der Waals surface area (Å²) in [6.07, 6.45) is 2.43. The number of ether oxygens (including phenoxy) is 3. The molecule has 1 aliphatic heterocycles. The average Bonchev–Trinajstić information content (AvgIpc) is 3.03. The monoisotopic (exact) mass is 342 g/mol. The van der Waals surface area contributed by atoms with E-state index in [9.17, 15) is 4.79 Å². The summed E-state index contributed by atoms with van der Waals surface area (Å²) in [6.45, 7) is 3.30. The van der Waals surface area contributed by atoms with E-state index in [1.165, 1.54) is 0 Å². The molecule has 136 valence electrons. The average molecular weight is 342 g/mol. The van der Waals surface area contributed by atoms with E-state index in [2.05, 4.69) is 15.5 Å². The highest BCUT2D eigenvalue weighted by Gasteiger charge is 2.23. The predicted octanol–water partition coefficient (Wildman–Crippen LogP) is 0.596. The van der Waals surface area contributed by atoms with Crippen LogP contribution in [0.3, 0.4) is 0 Å². The maximum Gasteiger partial charge on any atom is 0.317 e.